The first-order valence-corrected chi connectivity index (χ1v) is 3.33. The zero-order valence-electron chi connectivity index (χ0n) is 4.69. The second kappa shape index (κ2) is 2.86. The van der Waals surface area contributed by atoms with E-state index in [1.165, 1.54) is 11.5 Å². The molecule has 0 aliphatic carbocycles. The van der Waals surface area contributed by atoms with Gasteiger partial charge >= 0.3 is 0 Å². The molecule has 3 N–H and O–H groups in total. The molecule has 0 aliphatic rings. The molecular formula is C4H7N3OS. The number of aromatic nitrogens is 2. The predicted molar refractivity (Wildman–Crippen MR) is 33.9 cm³/mol. The monoisotopic (exact) mass is 145 g/mol. The standard InChI is InChI=1S/C4H7N3OS/c5-1-4(8)3-2-9-7-6-3/h2,4,8H,1,5H2/t4-/m0/s1. The molecular weight excluding hydrogens is 138 g/mol. The van der Waals surface area contributed by atoms with Gasteiger partial charge in [-0.15, -0.1) is 5.10 Å². The second-order valence-corrected chi connectivity index (χ2v) is 2.19. The Balaban J connectivity index is 2.65. The van der Waals surface area contributed by atoms with Gasteiger partial charge < -0.3 is 10.8 Å². The summed E-state index contributed by atoms with van der Waals surface area (Å²) in [5.74, 6) is 0. The van der Waals surface area contributed by atoms with Crippen LogP contribution in [-0.2, 0) is 0 Å². The normalized spacial score (nSPS) is 13.6. The van der Waals surface area contributed by atoms with Gasteiger partial charge in [0.1, 0.15) is 11.8 Å². The summed E-state index contributed by atoms with van der Waals surface area (Å²) in [6, 6.07) is 0. The molecule has 1 rings (SSSR count). The van der Waals surface area contributed by atoms with Crippen LogP contribution in [0.5, 0.6) is 0 Å². The summed E-state index contributed by atoms with van der Waals surface area (Å²) in [5, 5.41) is 14.3. The lowest BCUT2D eigenvalue weighted by Gasteiger charge is -1.99. The number of aliphatic hydroxyl groups excluding tert-OH is 1. The fraction of sp³-hybridized carbons (Fsp3) is 0.500. The minimum atomic E-state index is -0.649. The van der Waals surface area contributed by atoms with Crippen molar-refractivity contribution in [2.24, 2.45) is 5.73 Å². The molecule has 1 aromatic heterocycles. The van der Waals surface area contributed by atoms with Crippen molar-refractivity contribution in [2.45, 2.75) is 6.10 Å². The van der Waals surface area contributed by atoms with Gasteiger partial charge in [0.15, 0.2) is 0 Å². The van der Waals surface area contributed by atoms with E-state index in [-0.39, 0.29) is 6.54 Å². The lowest BCUT2D eigenvalue weighted by molar-refractivity contribution is 0.182. The highest BCUT2D eigenvalue weighted by Gasteiger charge is 2.06. The Labute approximate surface area is 56.5 Å². The Kier molecular flexibility index (Phi) is 2.10. The van der Waals surface area contributed by atoms with E-state index in [0.29, 0.717) is 5.69 Å². The van der Waals surface area contributed by atoms with Crippen molar-refractivity contribution in [2.75, 3.05) is 6.54 Å². The van der Waals surface area contributed by atoms with Gasteiger partial charge in [0.25, 0.3) is 0 Å². The van der Waals surface area contributed by atoms with Crippen LogP contribution < -0.4 is 5.73 Å². The molecule has 0 aromatic carbocycles. The third-order valence-corrected chi connectivity index (χ3v) is 1.46. The van der Waals surface area contributed by atoms with Crippen LogP contribution in [0.4, 0.5) is 0 Å². The number of nitrogens with two attached hydrogens (primary N) is 1. The Bertz CT molecular complexity index is 164. The van der Waals surface area contributed by atoms with Gasteiger partial charge in [-0.1, -0.05) is 4.49 Å². The predicted octanol–water partition coefficient (Wildman–Crippen LogP) is -0.470. The maximum atomic E-state index is 9.00. The Morgan fingerprint density at radius 2 is 2.67 bits per heavy atom. The number of hydrogen-bond acceptors (Lipinski definition) is 5. The highest BCUT2D eigenvalue weighted by Crippen LogP contribution is 2.07. The third kappa shape index (κ3) is 1.44. The molecule has 0 spiro atoms. The highest BCUT2D eigenvalue weighted by molar-refractivity contribution is 7.03. The van der Waals surface area contributed by atoms with E-state index in [1.807, 2.05) is 0 Å². The third-order valence-electron chi connectivity index (χ3n) is 0.942. The fourth-order valence-electron chi connectivity index (χ4n) is 0.438. The average Bonchev–Trinajstić information content (AvgIpc) is 2.37. The first-order chi connectivity index (χ1) is 4.34. The number of rotatable bonds is 2. The molecule has 0 saturated heterocycles. The summed E-state index contributed by atoms with van der Waals surface area (Å²) in [6.45, 7) is 0.200. The molecule has 0 fully saturated rings. The van der Waals surface area contributed by atoms with Crippen LogP contribution in [-0.4, -0.2) is 21.2 Å². The Morgan fingerprint density at radius 1 is 1.89 bits per heavy atom. The van der Waals surface area contributed by atoms with Crippen LogP contribution >= 0.6 is 11.5 Å². The summed E-state index contributed by atoms with van der Waals surface area (Å²) >= 11 is 1.21. The molecule has 0 unspecified atom stereocenters. The van der Waals surface area contributed by atoms with E-state index < -0.39 is 6.10 Å². The average molecular weight is 145 g/mol. The molecule has 0 amide bonds. The van der Waals surface area contributed by atoms with Gasteiger partial charge in [0, 0.05) is 11.9 Å². The zero-order valence-corrected chi connectivity index (χ0v) is 5.51. The van der Waals surface area contributed by atoms with E-state index in [4.69, 9.17) is 10.8 Å². The number of aliphatic hydroxyl groups is 1. The van der Waals surface area contributed by atoms with Crippen molar-refractivity contribution in [1.29, 1.82) is 0 Å². The summed E-state index contributed by atoms with van der Waals surface area (Å²) in [4.78, 5) is 0. The lowest BCUT2D eigenvalue weighted by Crippen LogP contribution is -2.11. The number of hydrogen-bond donors (Lipinski definition) is 2. The van der Waals surface area contributed by atoms with Crippen molar-refractivity contribution in [3.8, 4) is 0 Å². The van der Waals surface area contributed by atoms with E-state index in [1.54, 1.807) is 5.38 Å². The maximum absolute atomic E-state index is 9.00. The van der Waals surface area contributed by atoms with Crippen molar-refractivity contribution in [3.63, 3.8) is 0 Å². The highest BCUT2D eigenvalue weighted by atomic mass is 32.1. The van der Waals surface area contributed by atoms with Crippen LogP contribution in [0.15, 0.2) is 5.38 Å². The zero-order chi connectivity index (χ0) is 6.69. The van der Waals surface area contributed by atoms with Crippen LogP contribution in [0.2, 0.25) is 0 Å². The fourth-order valence-corrected chi connectivity index (χ4v) is 0.939. The van der Waals surface area contributed by atoms with E-state index >= 15 is 0 Å². The van der Waals surface area contributed by atoms with Gasteiger partial charge in [-0.05, 0) is 11.5 Å². The molecule has 50 valence electrons. The summed E-state index contributed by atoms with van der Waals surface area (Å²) in [7, 11) is 0. The summed E-state index contributed by atoms with van der Waals surface area (Å²) in [5.41, 5.74) is 5.71. The Hall–Kier alpha value is -0.520. The van der Waals surface area contributed by atoms with Gasteiger partial charge in [-0.25, -0.2) is 0 Å². The quantitative estimate of drug-likeness (QED) is 0.590. The van der Waals surface area contributed by atoms with Crippen LogP contribution in [0, 0.1) is 0 Å². The molecule has 4 nitrogen and oxygen atoms in total. The minimum absolute atomic E-state index is 0.200. The second-order valence-electron chi connectivity index (χ2n) is 1.58. The molecule has 0 bridgehead atoms. The molecule has 5 heteroatoms. The van der Waals surface area contributed by atoms with E-state index in [0.717, 1.165) is 0 Å². The van der Waals surface area contributed by atoms with Gasteiger partial charge in [0.2, 0.25) is 0 Å². The molecule has 1 atom stereocenters. The molecule has 1 aromatic rings. The minimum Gasteiger partial charge on any atom is -0.385 e. The van der Waals surface area contributed by atoms with Crippen LogP contribution in [0.1, 0.15) is 11.8 Å². The smallest absolute Gasteiger partial charge is 0.111 e. The van der Waals surface area contributed by atoms with Crippen LogP contribution in [0.3, 0.4) is 0 Å². The van der Waals surface area contributed by atoms with Gasteiger partial charge in [-0.3, -0.25) is 0 Å². The molecule has 0 radical (unpaired) electrons. The topological polar surface area (TPSA) is 72.0 Å². The molecule has 9 heavy (non-hydrogen) atoms. The van der Waals surface area contributed by atoms with Crippen molar-refractivity contribution in [3.05, 3.63) is 11.1 Å². The summed E-state index contributed by atoms with van der Waals surface area (Å²) in [6.07, 6.45) is -0.649. The van der Waals surface area contributed by atoms with Gasteiger partial charge in [-0.2, -0.15) is 0 Å². The van der Waals surface area contributed by atoms with Crippen molar-refractivity contribution >= 4 is 11.5 Å². The molecule has 1 heterocycles. The first kappa shape index (κ1) is 6.60. The van der Waals surface area contributed by atoms with Crippen molar-refractivity contribution in [1.82, 2.24) is 9.59 Å². The largest absolute Gasteiger partial charge is 0.385 e. The SMILES string of the molecule is NC[C@H](O)c1csnn1. The maximum Gasteiger partial charge on any atom is 0.111 e. The number of nitrogens with zero attached hydrogens (tertiary/aromatic N) is 2. The van der Waals surface area contributed by atoms with Crippen LogP contribution in [0.25, 0.3) is 0 Å². The molecule has 0 aliphatic heterocycles. The molecule has 0 saturated carbocycles. The van der Waals surface area contributed by atoms with E-state index in [9.17, 15) is 0 Å². The van der Waals surface area contributed by atoms with E-state index in [2.05, 4.69) is 9.59 Å². The van der Waals surface area contributed by atoms with Gasteiger partial charge in [0.05, 0.1) is 0 Å². The van der Waals surface area contributed by atoms with Crippen molar-refractivity contribution < 1.29 is 5.11 Å². The lowest BCUT2D eigenvalue weighted by atomic mass is 10.3. The Morgan fingerprint density at radius 3 is 3.11 bits per heavy atom. The summed E-state index contributed by atoms with van der Waals surface area (Å²) < 4.78 is 3.57. The first-order valence-electron chi connectivity index (χ1n) is 2.49.